The van der Waals surface area contributed by atoms with Crippen LogP contribution in [0.25, 0.3) is 0 Å². The van der Waals surface area contributed by atoms with E-state index in [0.717, 1.165) is 12.2 Å². The van der Waals surface area contributed by atoms with Gasteiger partial charge in [0.05, 0.1) is 0 Å². The molecule has 0 spiro atoms. The number of carbonyl (C=O) groups is 1. The molecule has 1 rings (SSSR count). The second-order valence-electron chi connectivity index (χ2n) is 4.56. The molecule has 0 aliphatic heterocycles. The van der Waals surface area contributed by atoms with Gasteiger partial charge in [0, 0.05) is 24.3 Å². The predicted molar refractivity (Wildman–Crippen MR) is 81.6 cm³/mol. The lowest BCUT2D eigenvalue weighted by molar-refractivity contribution is 0.0958. The van der Waals surface area contributed by atoms with Gasteiger partial charge >= 0.3 is 0 Å². The molecule has 19 heavy (non-hydrogen) atoms. The van der Waals surface area contributed by atoms with Gasteiger partial charge in [-0.25, -0.2) is 0 Å². The molecule has 1 amide bonds. The highest BCUT2D eigenvalue weighted by atomic mass is 16.1. The number of anilines is 1. The van der Waals surface area contributed by atoms with Crippen molar-refractivity contribution in [1.29, 1.82) is 0 Å². The minimum Gasteiger partial charge on any atom is -0.385 e. The van der Waals surface area contributed by atoms with Crippen LogP contribution >= 0.6 is 0 Å². The number of hydrogen-bond donors (Lipinski definition) is 2. The van der Waals surface area contributed by atoms with E-state index in [1.54, 1.807) is 6.08 Å². The summed E-state index contributed by atoms with van der Waals surface area (Å²) >= 11 is 0. The standard InChI is InChI=1S/C16H24N2O/c1-3-5-6-7-13-17-15-10-8-14(9-11-15)16(19)18-12-4-2/h4,8-11,17H,2-3,5-7,12-13H2,1H3,(H,18,19). The van der Waals surface area contributed by atoms with Crippen molar-refractivity contribution in [1.82, 2.24) is 5.32 Å². The highest BCUT2D eigenvalue weighted by molar-refractivity contribution is 5.94. The summed E-state index contributed by atoms with van der Waals surface area (Å²) in [5, 5.41) is 6.12. The van der Waals surface area contributed by atoms with E-state index in [9.17, 15) is 4.79 Å². The van der Waals surface area contributed by atoms with Gasteiger partial charge in [-0.15, -0.1) is 6.58 Å². The summed E-state index contributed by atoms with van der Waals surface area (Å²) in [6.07, 6.45) is 6.68. The summed E-state index contributed by atoms with van der Waals surface area (Å²) in [7, 11) is 0. The normalized spacial score (nSPS) is 9.95. The summed E-state index contributed by atoms with van der Waals surface area (Å²) < 4.78 is 0. The molecule has 3 nitrogen and oxygen atoms in total. The maximum Gasteiger partial charge on any atom is 0.251 e. The van der Waals surface area contributed by atoms with Crippen molar-refractivity contribution in [2.24, 2.45) is 0 Å². The van der Waals surface area contributed by atoms with Gasteiger partial charge in [0.25, 0.3) is 5.91 Å². The third-order valence-electron chi connectivity index (χ3n) is 2.91. The molecule has 0 saturated heterocycles. The fraction of sp³-hybridized carbons (Fsp3) is 0.438. The van der Waals surface area contributed by atoms with Crippen LogP contribution in [0, 0.1) is 0 Å². The molecule has 1 aromatic rings. The Bertz CT molecular complexity index is 384. The second-order valence-corrected chi connectivity index (χ2v) is 4.56. The lowest BCUT2D eigenvalue weighted by Gasteiger charge is -2.07. The molecule has 3 heteroatoms. The van der Waals surface area contributed by atoms with E-state index in [0.29, 0.717) is 12.1 Å². The smallest absolute Gasteiger partial charge is 0.251 e. The van der Waals surface area contributed by atoms with Crippen molar-refractivity contribution in [3.8, 4) is 0 Å². The fourth-order valence-electron chi connectivity index (χ4n) is 1.79. The van der Waals surface area contributed by atoms with Gasteiger partial charge in [-0.3, -0.25) is 4.79 Å². The molecule has 0 aliphatic carbocycles. The first-order valence-corrected chi connectivity index (χ1v) is 7.01. The van der Waals surface area contributed by atoms with Gasteiger partial charge in [-0.1, -0.05) is 32.3 Å². The Hall–Kier alpha value is -1.77. The number of rotatable bonds is 9. The Morgan fingerprint density at radius 2 is 1.95 bits per heavy atom. The van der Waals surface area contributed by atoms with E-state index in [1.165, 1.54) is 25.7 Å². The summed E-state index contributed by atoms with van der Waals surface area (Å²) in [4.78, 5) is 11.7. The van der Waals surface area contributed by atoms with Crippen molar-refractivity contribution < 1.29 is 4.79 Å². The Kier molecular flexibility index (Phi) is 7.40. The molecule has 0 radical (unpaired) electrons. The molecule has 0 saturated carbocycles. The van der Waals surface area contributed by atoms with Crippen molar-refractivity contribution in [3.05, 3.63) is 42.5 Å². The second kappa shape index (κ2) is 9.20. The number of benzene rings is 1. The van der Waals surface area contributed by atoms with E-state index in [2.05, 4.69) is 24.1 Å². The van der Waals surface area contributed by atoms with E-state index in [1.807, 2.05) is 24.3 Å². The molecule has 104 valence electrons. The lowest BCUT2D eigenvalue weighted by Crippen LogP contribution is -2.23. The Labute approximate surface area is 116 Å². The Morgan fingerprint density at radius 1 is 1.21 bits per heavy atom. The SMILES string of the molecule is C=CCNC(=O)c1ccc(NCCCCCC)cc1. The van der Waals surface area contributed by atoms with Crippen LogP contribution in [0.4, 0.5) is 5.69 Å². The van der Waals surface area contributed by atoms with Crippen LogP contribution in [-0.4, -0.2) is 19.0 Å². The molecule has 1 aromatic carbocycles. The Morgan fingerprint density at radius 3 is 2.58 bits per heavy atom. The zero-order valence-electron chi connectivity index (χ0n) is 11.7. The fourth-order valence-corrected chi connectivity index (χ4v) is 1.79. The summed E-state index contributed by atoms with van der Waals surface area (Å²) in [6, 6.07) is 7.57. The summed E-state index contributed by atoms with van der Waals surface area (Å²) in [5.41, 5.74) is 1.75. The highest BCUT2D eigenvalue weighted by Gasteiger charge is 2.03. The zero-order valence-corrected chi connectivity index (χ0v) is 11.7. The van der Waals surface area contributed by atoms with Crippen molar-refractivity contribution in [2.75, 3.05) is 18.4 Å². The van der Waals surface area contributed by atoms with Gasteiger partial charge < -0.3 is 10.6 Å². The number of unbranched alkanes of at least 4 members (excludes halogenated alkanes) is 3. The molecule has 0 aliphatic rings. The largest absolute Gasteiger partial charge is 0.385 e. The molecule has 0 bridgehead atoms. The van der Waals surface area contributed by atoms with Gasteiger partial charge in [0.15, 0.2) is 0 Å². The first kappa shape index (κ1) is 15.3. The average Bonchev–Trinajstić information content (AvgIpc) is 2.45. The minimum absolute atomic E-state index is 0.0607. The van der Waals surface area contributed by atoms with E-state index < -0.39 is 0 Å². The van der Waals surface area contributed by atoms with Gasteiger partial charge in [0.2, 0.25) is 0 Å². The first-order valence-electron chi connectivity index (χ1n) is 7.01. The van der Waals surface area contributed by atoms with Crippen LogP contribution in [0.1, 0.15) is 43.0 Å². The number of carbonyl (C=O) groups excluding carboxylic acids is 1. The number of amides is 1. The van der Waals surface area contributed by atoms with E-state index in [-0.39, 0.29) is 5.91 Å². The van der Waals surface area contributed by atoms with E-state index in [4.69, 9.17) is 0 Å². The van der Waals surface area contributed by atoms with Gasteiger partial charge in [-0.05, 0) is 30.7 Å². The Balaban J connectivity index is 2.34. The summed E-state index contributed by atoms with van der Waals surface area (Å²) in [5.74, 6) is -0.0607. The van der Waals surface area contributed by atoms with Crippen LogP contribution < -0.4 is 10.6 Å². The monoisotopic (exact) mass is 260 g/mol. The predicted octanol–water partition coefficient (Wildman–Crippen LogP) is 3.59. The maximum atomic E-state index is 11.7. The van der Waals surface area contributed by atoms with Crippen LogP contribution in [0.3, 0.4) is 0 Å². The molecular formula is C16H24N2O. The quantitative estimate of drug-likeness (QED) is 0.526. The third-order valence-corrected chi connectivity index (χ3v) is 2.91. The van der Waals surface area contributed by atoms with Crippen molar-refractivity contribution in [3.63, 3.8) is 0 Å². The molecule has 2 N–H and O–H groups in total. The maximum absolute atomic E-state index is 11.7. The van der Waals surface area contributed by atoms with Crippen LogP contribution in [-0.2, 0) is 0 Å². The van der Waals surface area contributed by atoms with Gasteiger partial charge in [-0.2, -0.15) is 0 Å². The molecule has 0 unspecified atom stereocenters. The van der Waals surface area contributed by atoms with Crippen LogP contribution in [0.2, 0.25) is 0 Å². The average molecular weight is 260 g/mol. The van der Waals surface area contributed by atoms with E-state index >= 15 is 0 Å². The molecule has 0 atom stereocenters. The van der Waals surface area contributed by atoms with Crippen molar-refractivity contribution >= 4 is 11.6 Å². The number of hydrogen-bond acceptors (Lipinski definition) is 2. The molecule has 0 heterocycles. The topological polar surface area (TPSA) is 41.1 Å². The van der Waals surface area contributed by atoms with Crippen LogP contribution in [0.5, 0.6) is 0 Å². The first-order chi connectivity index (χ1) is 9.27. The van der Waals surface area contributed by atoms with Gasteiger partial charge in [0.1, 0.15) is 0 Å². The van der Waals surface area contributed by atoms with Crippen molar-refractivity contribution in [2.45, 2.75) is 32.6 Å². The zero-order chi connectivity index (χ0) is 13.9. The van der Waals surface area contributed by atoms with Crippen LogP contribution in [0.15, 0.2) is 36.9 Å². The third kappa shape index (κ3) is 6.09. The molecular weight excluding hydrogens is 236 g/mol. The number of nitrogens with one attached hydrogen (secondary N) is 2. The molecule has 0 fully saturated rings. The summed E-state index contributed by atoms with van der Waals surface area (Å²) in [6.45, 7) is 7.27. The minimum atomic E-state index is -0.0607. The molecule has 0 aromatic heterocycles. The lowest BCUT2D eigenvalue weighted by atomic mass is 10.2. The highest BCUT2D eigenvalue weighted by Crippen LogP contribution is 2.10.